The molecule has 610 valence electrons. The Bertz CT molecular complexity index is 6510. The summed E-state index contributed by atoms with van der Waals surface area (Å²) in [5.41, 5.74) is 43.1. The molecule has 0 unspecified atom stereocenters. The van der Waals surface area contributed by atoms with Crippen LogP contribution in [0.25, 0.3) is 133 Å². The maximum absolute atomic E-state index is 7.39. The zero-order chi connectivity index (χ0) is 82.7. The molecule has 5 aliphatic rings. The third kappa shape index (κ3) is 12.6. The van der Waals surface area contributed by atoms with Gasteiger partial charge in [0.2, 0.25) is 0 Å². The molecule has 2 heterocycles. The van der Waals surface area contributed by atoms with Crippen molar-refractivity contribution in [1.82, 2.24) is 0 Å². The molecule has 5 aliphatic carbocycles. The number of aryl methyl sites for hydroxylation is 1. The standard InChI is InChI=1S/C118H121NO2/c1-12-16-20-24-38-66-117(67-39-25-21-17-13-2)95-48-34-29-43-84(95)87-63-58-81(72-99(87)117)80-57-62-86-85-61-56-79(70-96(85)114(6,7)97(86)71-80)77-52-54-78(55-53-77)93-75-101-105(107-91-45-31-36-50-103(91)120-112(93)107)90-65-60-83(74-100(90)118(101,68-40-26-22-18-14-3)69-41-27-23-19-15-4)119(102-49-35-28-42-76(102)5)82-59-64-89-98(73-82)116(10,11)110-106(89)108-92-46-32-37-51-104(92)121-113(108)109-88-44-30-33-47-94(88)115(8,9)111(109)110/h28-37,42-65,70-75H,12-27,38-41,66-69H2,1-11H3. The molecule has 0 saturated carbocycles. The van der Waals surface area contributed by atoms with E-state index in [2.05, 4.69) is 324 Å². The van der Waals surface area contributed by atoms with Gasteiger partial charge in [-0.1, -0.05) is 374 Å². The minimum Gasteiger partial charge on any atom is -0.455 e. The normalized spacial score (nSPS) is 15.2. The van der Waals surface area contributed by atoms with E-state index < -0.39 is 0 Å². The van der Waals surface area contributed by atoms with Gasteiger partial charge in [-0.25, -0.2) is 0 Å². The molecule has 2 aromatic heterocycles. The number of hydrogen-bond acceptors (Lipinski definition) is 3. The molecule has 0 aliphatic heterocycles. The van der Waals surface area contributed by atoms with Crippen molar-refractivity contribution in [3.05, 3.63) is 304 Å². The van der Waals surface area contributed by atoms with Crippen LogP contribution >= 0.6 is 0 Å². The predicted molar refractivity (Wildman–Crippen MR) is 515 cm³/mol. The van der Waals surface area contributed by atoms with Crippen molar-refractivity contribution in [1.29, 1.82) is 0 Å². The van der Waals surface area contributed by atoms with Crippen LogP contribution in [0.4, 0.5) is 17.1 Å². The van der Waals surface area contributed by atoms with Gasteiger partial charge < -0.3 is 13.7 Å². The maximum atomic E-state index is 7.39. The van der Waals surface area contributed by atoms with Gasteiger partial charge in [0, 0.05) is 76.8 Å². The molecule has 0 radical (unpaired) electrons. The van der Waals surface area contributed by atoms with E-state index >= 15 is 0 Å². The fourth-order valence-electron chi connectivity index (χ4n) is 24.1. The first-order valence-corrected chi connectivity index (χ1v) is 47.0. The number of unbranched alkanes of at least 4 members (excludes halogenated alkanes) is 16. The van der Waals surface area contributed by atoms with Gasteiger partial charge in [0.05, 0.1) is 0 Å². The zero-order valence-electron chi connectivity index (χ0n) is 73.8. The van der Waals surface area contributed by atoms with Crippen LogP contribution in [0.2, 0.25) is 0 Å². The molecule has 0 saturated heterocycles. The van der Waals surface area contributed by atoms with Gasteiger partial charge in [0.15, 0.2) is 0 Å². The Morgan fingerprint density at radius 1 is 0.264 bits per heavy atom. The summed E-state index contributed by atoms with van der Waals surface area (Å²) in [5, 5.41) is 4.84. The number of hydrogen-bond donors (Lipinski definition) is 0. The quantitative estimate of drug-likeness (QED) is 0.0420. The van der Waals surface area contributed by atoms with E-state index in [0.29, 0.717) is 0 Å². The Labute approximate surface area is 720 Å². The van der Waals surface area contributed by atoms with Crippen molar-refractivity contribution >= 4 is 60.9 Å². The predicted octanol–water partition coefficient (Wildman–Crippen LogP) is 35.2. The smallest absolute Gasteiger partial charge is 0.144 e. The largest absolute Gasteiger partial charge is 0.455 e. The molecule has 0 amide bonds. The van der Waals surface area contributed by atoms with Gasteiger partial charge in [0.25, 0.3) is 0 Å². The third-order valence-corrected chi connectivity index (χ3v) is 30.3. The van der Waals surface area contributed by atoms with E-state index in [1.165, 1.54) is 306 Å². The van der Waals surface area contributed by atoms with E-state index in [1.54, 1.807) is 11.1 Å². The van der Waals surface area contributed by atoms with Crippen molar-refractivity contribution < 1.29 is 8.83 Å². The van der Waals surface area contributed by atoms with E-state index in [0.717, 1.165) is 48.0 Å². The summed E-state index contributed by atoms with van der Waals surface area (Å²) in [6.45, 7) is 26.5. The van der Waals surface area contributed by atoms with E-state index in [9.17, 15) is 0 Å². The number of furan rings is 2. The highest BCUT2D eigenvalue weighted by molar-refractivity contribution is 6.22. The first-order chi connectivity index (χ1) is 59.0. The molecule has 0 bridgehead atoms. The van der Waals surface area contributed by atoms with Crippen molar-refractivity contribution in [3.63, 3.8) is 0 Å². The fraction of sp³-hybridized carbons (Fsp3) is 0.339. The maximum Gasteiger partial charge on any atom is 0.144 e. The molecule has 15 aromatic rings. The van der Waals surface area contributed by atoms with E-state index in [4.69, 9.17) is 8.83 Å². The van der Waals surface area contributed by atoms with Crippen molar-refractivity contribution in [2.45, 2.75) is 257 Å². The highest BCUT2D eigenvalue weighted by Crippen LogP contribution is 2.66. The highest BCUT2D eigenvalue weighted by atomic mass is 16.3. The Hall–Kier alpha value is -10.7. The summed E-state index contributed by atoms with van der Waals surface area (Å²) in [6.07, 6.45) is 29.9. The second-order valence-corrected chi connectivity index (χ2v) is 38.7. The molecule has 20 rings (SSSR count). The lowest BCUT2D eigenvalue weighted by molar-refractivity contribution is 0.399. The van der Waals surface area contributed by atoms with Crippen LogP contribution < -0.4 is 4.90 Å². The molecule has 13 aromatic carbocycles. The van der Waals surface area contributed by atoms with Gasteiger partial charge in [0.1, 0.15) is 22.3 Å². The number of rotatable bonds is 30. The van der Waals surface area contributed by atoms with Gasteiger partial charge >= 0.3 is 0 Å². The van der Waals surface area contributed by atoms with Gasteiger partial charge in [-0.15, -0.1) is 0 Å². The summed E-state index contributed by atoms with van der Waals surface area (Å²) in [7, 11) is 0. The zero-order valence-corrected chi connectivity index (χ0v) is 73.8. The molecule has 121 heavy (non-hydrogen) atoms. The Morgan fingerprint density at radius 3 is 1.21 bits per heavy atom. The van der Waals surface area contributed by atoms with Gasteiger partial charge in [-0.05, 0) is 238 Å². The van der Waals surface area contributed by atoms with E-state index in [-0.39, 0.29) is 27.1 Å². The molecule has 0 atom stereocenters. The first kappa shape index (κ1) is 78.8. The lowest BCUT2D eigenvalue weighted by atomic mass is 9.70. The van der Waals surface area contributed by atoms with Crippen molar-refractivity contribution in [2.75, 3.05) is 4.90 Å². The van der Waals surface area contributed by atoms with Gasteiger partial charge in [-0.3, -0.25) is 0 Å². The molecular weight excluding hydrogens is 1460 g/mol. The summed E-state index contributed by atoms with van der Waals surface area (Å²) in [5.74, 6) is 0. The second-order valence-electron chi connectivity index (χ2n) is 38.7. The van der Waals surface area contributed by atoms with E-state index in [1.807, 2.05) is 0 Å². The summed E-state index contributed by atoms with van der Waals surface area (Å²) < 4.78 is 14.5. The van der Waals surface area contributed by atoms with Crippen LogP contribution in [0.5, 0.6) is 0 Å². The molecule has 0 fully saturated rings. The number of anilines is 3. The Kier molecular flexibility index (Phi) is 20.4. The number of fused-ring (bicyclic) bond motifs is 25. The average molecular weight is 1590 g/mol. The Morgan fingerprint density at radius 2 is 0.645 bits per heavy atom. The van der Waals surface area contributed by atoms with Crippen LogP contribution in [0.15, 0.2) is 251 Å². The fourth-order valence-corrected chi connectivity index (χ4v) is 24.1. The molecule has 3 nitrogen and oxygen atoms in total. The average Bonchev–Trinajstić information content (AvgIpc) is 1.50. The molecule has 0 N–H and O–H groups in total. The minimum atomic E-state index is -0.360. The summed E-state index contributed by atoms with van der Waals surface area (Å²) >= 11 is 0. The molecule has 3 heteroatoms. The summed E-state index contributed by atoms with van der Waals surface area (Å²) in [6, 6.07) is 95.1. The lowest BCUT2D eigenvalue weighted by Gasteiger charge is -2.35. The third-order valence-electron chi connectivity index (χ3n) is 30.3. The van der Waals surface area contributed by atoms with Crippen molar-refractivity contribution in [2.24, 2.45) is 0 Å². The number of nitrogens with zero attached hydrogens (tertiary/aromatic N) is 1. The second kappa shape index (κ2) is 31.3. The monoisotopic (exact) mass is 1580 g/mol. The summed E-state index contributed by atoms with van der Waals surface area (Å²) in [4.78, 5) is 2.62. The topological polar surface area (TPSA) is 29.5 Å². The van der Waals surface area contributed by atoms with Crippen LogP contribution in [-0.4, -0.2) is 0 Å². The SMILES string of the molecule is CCCCCCCC1(CCCCCCC)c2ccccc2-c2ccc(-c3ccc4c(c3)C(C)(C)c3cc(-c5ccc(-c6cc7c(c8c6oc6ccccc68)-c6ccc(N(c8ccc9c(c8)C(C)(C)c8c%10c(c%11oc%12ccccc%12c%11c8-9)-c8ccccc8C%10(C)C)c8ccccc8C)cc6C7(CCCCCCC)CCCCCCC)cc5)ccc3-4)cc21. The van der Waals surface area contributed by atoms with Crippen LogP contribution in [0.3, 0.4) is 0 Å². The lowest BCUT2D eigenvalue weighted by Crippen LogP contribution is -2.26. The number of benzene rings is 13. The van der Waals surface area contributed by atoms with Crippen LogP contribution in [0, 0.1) is 6.92 Å². The molecular formula is C118H121NO2. The van der Waals surface area contributed by atoms with Crippen molar-refractivity contribution in [3.8, 4) is 89.0 Å². The van der Waals surface area contributed by atoms with Crippen LogP contribution in [-0.2, 0) is 27.1 Å². The first-order valence-electron chi connectivity index (χ1n) is 47.0. The van der Waals surface area contributed by atoms with Crippen LogP contribution in [0.1, 0.15) is 285 Å². The minimum absolute atomic E-state index is 0.0410. The Balaban J connectivity index is 0.681. The molecule has 0 spiro atoms. The van der Waals surface area contributed by atoms with Gasteiger partial charge in [-0.2, -0.15) is 0 Å². The highest BCUT2D eigenvalue weighted by Gasteiger charge is 2.51. The number of para-hydroxylation sites is 3.